The van der Waals surface area contributed by atoms with Gasteiger partial charge in [-0.15, -0.1) is 0 Å². The monoisotopic (exact) mass is 276 g/mol. The van der Waals surface area contributed by atoms with Gasteiger partial charge in [0, 0.05) is 18.7 Å². The average molecular weight is 276 g/mol. The minimum Gasteiger partial charge on any atom is -0.491 e. The lowest BCUT2D eigenvalue weighted by Crippen LogP contribution is -2.43. The highest BCUT2D eigenvalue weighted by Gasteiger charge is 2.21. The summed E-state index contributed by atoms with van der Waals surface area (Å²) in [4.78, 5) is 14.0. The molecule has 0 bridgehead atoms. The first-order chi connectivity index (χ1) is 9.83. The highest BCUT2D eigenvalue weighted by molar-refractivity contribution is 5.74. The fourth-order valence-corrected chi connectivity index (χ4v) is 2.62. The molecule has 0 radical (unpaired) electrons. The molecule has 2 amide bonds. The maximum atomic E-state index is 12.2. The van der Waals surface area contributed by atoms with Crippen LogP contribution >= 0.6 is 0 Å². The SMILES string of the molecule is O=C(NC[C@H]1CCCO1)N1CCOc2ccccc2C1. The largest absolute Gasteiger partial charge is 0.491 e. The molecule has 2 aliphatic heterocycles. The fraction of sp³-hybridized carbons (Fsp3) is 0.533. The predicted molar refractivity (Wildman–Crippen MR) is 74.7 cm³/mol. The summed E-state index contributed by atoms with van der Waals surface area (Å²) in [7, 11) is 0. The van der Waals surface area contributed by atoms with Crippen molar-refractivity contribution in [3.05, 3.63) is 29.8 Å². The van der Waals surface area contributed by atoms with Gasteiger partial charge in [0.15, 0.2) is 0 Å². The van der Waals surface area contributed by atoms with E-state index in [1.54, 1.807) is 4.90 Å². The smallest absolute Gasteiger partial charge is 0.317 e. The summed E-state index contributed by atoms with van der Waals surface area (Å²) in [6.07, 6.45) is 2.30. The second-order valence-electron chi connectivity index (χ2n) is 5.20. The van der Waals surface area contributed by atoms with Crippen molar-refractivity contribution >= 4 is 6.03 Å². The molecule has 5 nitrogen and oxygen atoms in total. The maximum absolute atomic E-state index is 12.2. The topological polar surface area (TPSA) is 50.8 Å². The number of fused-ring (bicyclic) bond motifs is 1. The third-order valence-corrected chi connectivity index (χ3v) is 3.74. The van der Waals surface area contributed by atoms with Gasteiger partial charge in [-0.25, -0.2) is 4.79 Å². The summed E-state index contributed by atoms with van der Waals surface area (Å²) in [5, 5.41) is 2.96. The van der Waals surface area contributed by atoms with Gasteiger partial charge in [-0.1, -0.05) is 18.2 Å². The van der Waals surface area contributed by atoms with Crippen molar-refractivity contribution in [2.24, 2.45) is 0 Å². The van der Waals surface area contributed by atoms with Crippen LogP contribution in [0.2, 0.25) is 0 Å². The molecular weight excluding hydrogens is 256 g/mol. The zero-order valence-electron chi connectivity index (χ0n) is 11.5. The molecule has 1 aromatic carbocycles. The Balaban J connectivity index is 1.57. The first-order valence-electron chi connectivity index (χ1n) is 7.18. The van der Waals surface area contributed by atoms with E-state index in [9.17, 15) is 4.79 Å². The van der Waals surface area contributed by atoms with Crippen molar-refractivity contribution in [3.8, 4) is 5.75 Å². The first kappa shape index (κ1) is 13.2. The van der Waals surface area contributed by atoms with Crippen LogP contribution in [0.1, 0.15) is 18.4 Å². The summed E-state index contributed by atoms with van der Waals surface area (Å²) in [5.41, 5.74) is 1.05. The number of nitrogens with zero attached hydrogens (tertiary/aromatic N) is 1. The van der Waals surface area contributed by atoms with Gasteiger partial charge in [-0.2, -0.15) is 0 Å². The van der Waals surface area contributed by atoms with E-state index in [0.29, 0.717) is 26.2 Å². The van der Waals surface area contributed by atoms with E-state index in [4.69, 9.17) is 9.47 Å². The fourth-order valence-electron chi connectivity index (χ4n) is 2.62. The van der Waals surface area contributed by atoms with Gasteiger partial charge in [0.2, 0.25) is 0 Å². The highest BCUT2D eigenvalue weighted by atomic mass is 16.5. The Bertz CT molecular complexity index is 472. The number of urea groups is 1. The van der Waals surface area contributed by atoms with E-state index in [0.717, 1.165) is 30.8 Å². The summed E-state index contributed by atoms with van der Waals surface area (Å²) in [5.74, 6) is 0.877. The van der Waals surface area contributed by atoms with Crippen LogP contribution in [-0.2, 0) is 11.3 Å². The van der Waals surface area contributed by atoms with Crippen molar-refractivity contribution in [2.45, 2.75) is 25.5 Å². The molecule has 0 spiro atoms. The van der Waals surface area contributed by atoms with Gasteiger partial charge < -0.3 is 19.7 Å². The Labute approximate surface area is 118 Å². The molecule has 5 heteroatoms. The second-order valence-corrected chi connectivity index (χ2v) is 5.20. The first-order valence-corrected chi connectivity index (χ1v) is 7.18. The predicted octanol–water partition coefficient (Wildman–Crippen LogP) is 1.77. The Morgan fingerprint density at radius 2 is 2.25 bits per heavy atom. The summed E-state index contributed by atoms with van der Waals surface area (Å²) < 4.78 is 11.2. The van der Waals surface area contributed by atoms with Gasteiger partial charge in [0.05, 0.1) is 19.2 Å². The quantitative estimate of drug-likeness (QED) is 0.895. The normalized spacial score (nSPS) is 21.8. The van der Waals surface area contributed by atoms with E-state index < -0.39 is 0 Å². The van der Waals surface area contributed by atoms with E-state index in [1.165, 1.54) is 0 Å². The number of hydrogen-bond acceptors (Lipinski definition) is 3. The van der Waals surface area contributed by atoms with Crippen LogP contribution in [0.15, 0.2) is 24.3 Å². The van der Waals surface area contributed by atoms with Crippen LogP contribution in [0.3, 0.4) is 0 Å². The van der Waals surface area contributed by atoms with Gasteiger partial charge in [-0.3, -0.25) is 0 Å². The Morgan fingerprint density at radius 1 is 1.35 bits per heavy atom. The molecule has 108 valence electrons. The zero-order chi connectivity index (χ0) is 13.8. The molecule has 0 saturated carbocycles. The van der Waals surface area contributed by atoms with Crippen LogP contribution in [0, 0.1) is 0 Å². The second kappa shape index (κ2) is 6.13. The van der Waals surface area contributed by atoms with Crippen LogP contribution in [0.25, 0.3) is 0 Å². The lowest BCUT2D eigenvalue weighted by Gasteiger charge is -2.21. The number of nitrogens with one attached hydrogen (secondary N) is 1. The molecule has 20 heavy (non-hydrogen) atoms. The van der Waals surface area contributed by atoms with Crippen molar-refractivity contribution in [2.75, 3.05) is 26.3 Å². The van der Waals surface area contributed by atoms with E-state index in [1.807, 2.05) is 24.3 Å². The third-order valence-electron chi connectivity index (χ3n) is 3.74. The average Bonchev–Trinajstić information content (AvgIpc) is 2.89. The molecule has 0 aliphatic carbocycles. The van der Waals surface area contributed by atoms with E-state index >= 15 is 0 Å². The van der Waals surface area contributed by atoms with Gasteiger partial charge in [0.25, 0.3) is 0 Å². The number of amides is 2. The lowest BCUT2D eigenvalue weighted by atomic mass is 10.2. The molecule has 0 unspecified atom stereocenters. The van der Waals surface area contributed by atoms with E-state index in [-0.39, 0.29) is 12.1 Å². The minimum absolute atomic E-state index is 0.0409. The minimum atomic E-state index is -0.0409. The summed E-state index contributed by atoms with van der Waals surface area (Å²) in [6, 6.07) is 7.83. The lowest BCUT2D eigenvalue weighted by molar-refractivity contribution is 0.108. The van der Waals surface area contributed by atoms with Gasteiger partial charge in [0.1, 0.15) is 12.4 Å². The zero-order valence-corrected chi connectivity index (χ0v) is 11.5. The molecule has 2 heterocycles. The van der Waals surface area contributed by atoms with Crippen LogP contribution in [0.5, 0.6) is 5.75 Å². The maximum Gasteiger partial charge on any atom is 0.317 e. The number of ether oxygens (including phenoxy) is 2. The van der Waals surface area contributed by atoms with Crippen molar-refractivity contribution in [3.63, 3.8) is 0 Å². The molecule has 3 rings (SSSR count). The van der Waals surface area contributed by atoms with E-state index in [2.05, 4.69) is 5.32 Å². The standard InChI is InChI=1S/C15H20N2O3/c18-15(16-10-13-5-3-8-19-13)17-7-9-20-14-6-2-1-4-12(14)11-17/h1-2,4,6,13H,3,5,7-11H2,(H,16,18)/t13-/m1/s1. The highest BCUT2D eigenvalue weighted by Crippen LogP contribution is 2.22. The van der Waals surface area contributed by atoms with Gasteiger partial charge >= 0.3 is 6.03 Å². The third kappa shape index (κ3) is 3.04. The Kier molecular flexibility index (Phi) is 4.06. The molecular formula is C15H20N2O3. The molecule has 1 N–H and O–H groups in total. The molecule has 0 aromatic heterocycles. The molecule has 1 fully saturated rings. The number of para-hydroxylation sites is 1. The Morgan fingerprint density at radius 3 is 3.10 bits per heavy atom. The summed E-state index contributed by atoms with van der Waals surface area (Å²) in [6.45, 7) is 3.13. The molecule has 1 saturated heterocycles. The number of hydrogen-bond donors (Lipinski definition) is 1. The van der Waals surface area contributed by atoms with Crippen LogP contribution < -0.4 is 10.1 Å². The molecule has 2 aliphatic rings. The van der Waals surface area contributed by atoms with Crippen LogP contribution in [0.4, 0.5) is 4.79 Å². The molecule has 1 atom stereocenters. The van der Waals surface area contributed by atoms with Crippen molar-refractivity contribution < 1.29 is 14.3 Å². The van der Waals surface area contributed by atoms with Crippen molar-refractivity contribution in [1.29, 1.82) is 0 Å². The number of rotatable bonds is 2. The number of benzene rings is 1. The molecule has 1 aromatic rings. The van der Waals surface area contributed by atoms with Gasteiger partial charge in [-0.05, 0) is 18.9 Å². The van der Waals surface area contributed by atoms with Crippen LogP contribution in [-0.4, -0.2) is 43.3 Å². The van der Waals surface area contributed by atoms with Crippen molar-refractivity contribution in [1.82, 2.24) is 10.2 Å². The Hall–Kier alpha value is -1.75. The summed E-state index contributed by atoms with van der Waals surface area (Å²) >= 11 is 0. The number of carbonyl (C=O) groups excluding carboxylic acids is 1. The number of carbonyl (C=O) groups is 1.